The number of carbonyl (C=O) groups is 1. The maximum atomic E-state index is 13.3. The van der Waals surface area contributed by atoms with Crippen molar-refractivity contribution in [2.45, 2.75) is 13.0 Å². The van der Waals surface area contributed by atoms with Gasteiger partial charge in [0.1, 0.15) is 5.76 Å². The van der Waals surface area contributed by atoms with Crippen molar-refractivity contribution in [3.05, 3.63) is 89.9 Å². The van der Waals surface area contributed by atoms with E-state index in [-0.39, 0.29) is 11.9 Å². The van der Waals surface area contributed by atoms with E-state index in [0.717, 1.165) is 33.5 Å². The third-order valence-electron chi connectivity index (χ3n) is 5.23. The maximum Gasteiger partial charge on any atom is 0.252 e. The van der Waals surface area contributed by atoms with E-state index in [1.807, 2.05) is 92.6 Å². The first-order valence-corrected chi connectivity index (χ1v) is 9.98. The van der Waals surface area contributed by atoms with Crippen molar-refractivity contribution in [1.29, 1.82) is 0 Å². The van der Waals surface area contributed by atoms with E-state index >= 15 is 0 Å². The van der Waals surface area contributed by atoms with Crippen molar-refractivity contribution in [3.63, 3.8) is 0 Å². The molecule has 1 amide bonds. The molecule has 2 aromatic carbocycles. The second-order valence-electron chi connectivity index (χ2n) is 7.65. The molecule has 0 aliphatic heterocycles. The van der Waals surface area contributed by atoms with E-state index in [1.54, 1.807) is 6.26 Å². The number of pyridine rings is 1. The third kappa shape index (κ3) is 4.11. The van der Waals surface area contributed by atoms with Gasteiger partial charge in [0.15, 0.2) is 0 Å². The molecule has 1 atom stereocenters. The van der Waals surface area contributed by atoms with E-state index in [1.165, 1.54) is 0 Å². The Morgan fingerprint density at radius 1 is 1.07 bits per heavy atom. The van der Waals surface area contributed by atoms with Crippen LogP contribution in [-0.2, 0) is 0 Å². The van der Waals surface area contributed by atoms with Crippen molar-refractivity contribution in [1.82, 2.24) is 15.2 Å². The summed E-state index contributed by atoms with van der Waals surface area (Å²) in [5, 5.41) is 3.94. The molecule has 0 saturated carbocycles. The first-order chi connectivity index (χ1) is 14.5. The van der Waals surface area contributed by atoms with Crippen LogP contribution in [-0.4, -0.2) is 36.4 Å². The largest absolute Gasteiger partial charge is 0.468 e. The number of fused-ring (bicyclic) bond motifs is 1. The van der Waals surface area contributed by atoms with Crippen LogP contribution < -0.4 is 5.32 Å². The Labute approximate surface area is 176 Å². The molecule has 2 aromatic heterocycles. The number of aromatic nitrogens is 1. The first-order valence-electron chi connectivity index (χ1n) is 9.98. The molecule has 2 heterocycles. The highest BCUT2D eigenvalue weighted by molar-refractivity contribution is 6.07. The summed E-state index contributed by atoms with van der Waals surface area (Å²) in [5.74, 6) is 0.698. The summed E-state index contributed by atoms with van der Waals surface area (Å²) in [6.07, 6.45) is 1.65. The van der Waals surface area contributed by atoms with Gasteiger partial charge in [-0.15, -0.1) is 0 Å². The first kappa shape index (κ1) is 19.9. The molecule has 5 nitrogen and oxygen atoms in total. The van der Waals surface area contributed by atoms with Crippen LogP contribution in [0.2, 0.25) is 0 Å². The number of hydrogen-bond acceptors (Lipinski definition) is 4. The molecule has 4 aromatic rings. The average Bonchev–Trinajstić information content (AvgIpc) is 3.28. The highest BCUT2D eigenvalue weighted by Gasteiger charge is 2.20. The summed E-state index contributed by atoms with van der Waals surface area (Å²) < 4.78 is 5.55. The van der Waals surface area contributed by atoms with Gasteiger partial charge in [-0.25, -0.2) is 4.98 Å². The third-order valence-corrected chi connectivity index (χ3v) is 5.23. The molecule has 0 aliphatic carbocycles. The predicted octanol–water partition coefficient (Wildman–Crippen LogP) is 4.84. The SMILES string of the molecule is Cc1ccc2nc(-c3ccccc3)cc(C(=O)NC[C@H](c3ccco3)N(C)C)c2c1. The number of likely N-dealkylation sites (N-methyl/N-ethyl adjacent to an activating group) is 1. The van der Waals surface area contributed by atoms with E-state index in [2.05, 4.69) is 5.32 Å². The molecule has 0 spiro atoms. The lowest BCUT2D eigenvalue weighted by Gasteiger charge is -2.22. The normalized spacial score (nSPS) is 12.3. The number of rotatable bonds is 6. The average molecular weight is 399 g/mol. The highest BCUT2D eigenvalue weighted by atomic mass is 16.3. The molecular formula is C25H25N3O2. The van der Waals surface area contributed by atoms with Gasteiger partial charge in [0.05, 0.1) is 29.1 Å². The van der Waals surface area contributed by atoms with Gasteiger partial charge in [0.2, 0.25) is 0 Å². The summed E-state index contributed by atoms with van der Waals surface area (Å²) in [6.45, 7) is 2.46. The fourth-order valence-electron chi connectivity index (χ4n) is 3.59. The lowest BCUT2D eigenvalue weighted by Crippen LogP contribution is -2.34. The Morgan fingerprint density at radius 2 is 1.87 bits per heavy atom. The Kier molecular flexibility index (Phi) is 5.63. The molecular weight excluding hydrogens is 374 g/mol. The van der Waals surface area contributed by atoms with Crippen LogP contribution in [0.4, 0.5) is 0 Å². The zero-order chi connectivity index (χ0) is 21.1. The van der Waals surface area contributed by atoms with Gasteiger partial charge in [0, 0.05) is 17.5 Å². The number of nitrogens with one attached hydrogen (secondary N) is 1. The number of furan rings is 1. The van der Waals surface area contributed by atoms with E-state index in [4.69, 9.17) is 9.40 Å². The number of benzene rings is 2. The summed E-state index contributed by atoms with van der Waals surface area (Å²) in [4.78, 5) is 20.1. The van der Waals surface area contributed by atoms with Crippen molar-refractivity contribution < 1.29 is 9.21 Å². The second kappa shape index (κ2) is 8.51. The van der Waals surface area contributed by atoms with E-state index < -0.39 is 0 Å². The minimum absolute atomic E-state index is 0.0487. The molecule has 0 saturated heterocycles. The molecule has 152 valence electrons. The zero-order valence-electron chi connectivity index (χ0n) is 17.4. The van der Waals surface area contributed by atoms with Crippen LogP contribution in [0.15, 0.2) is 77.4 Å². The molecule has 0 radical (unpaired) electrons. The van der Waals surface area contributed by atoms with Crippen LogP contribution in [0.5, 0.6) is 0 Å². The Bertz CT molecular complexity index is 1150. The number of carbonyl (C=O) groups excluding carboxylic acids is 1. The quantitative estimate of drug-likeness (QED) is 0.504. The minimum Gasteiger partial charge on any atom is -0.468 e. The van der Waals surface area contributed by atoms with Crippen LogP contribution in [0.25, 0.3) is 22.2 Å². The van der Waals surface area contributed by atoms with Crippen LogP contribution in [0.3, 0.4) is 0 Å². The molecule has 4 rings (SSSR count). The van der Waals surface area contributed by atoms with Gasteiger partial charge in [-0.05, 0) is 51.4 Å². The van der Waals surface area contributed by atoms with Crippen molar-refractivity contribution in [2.24, 2.45) is 0 Å². The van der Waals surface area contributed by atoms with E-state index in [0.29, 0.717) is 12.1 Å². The zero-order valence-corrected chi connectivity index (χ0v) is 17.4. The topological polar surface area (TPSA) is 58.4 Å². The molecule has 0 unspecified atom stereocenters. The highest BCUT2D eigenvalue weighted by Crippen LogP contribution is 2.26. The molecule has 0 fully saturated rings. The van der Waals surface area contributed by atoms with Gasteiger partial charge in [0.25, 0.3) is 5.91 Å². The summed E-state index contributed by atoms with van der Waals surface area (Å²) >= 11 is 0. The number of hydrogen-bond donors (Lipinski definition) is 1. The summed E-state index contributed by atoms with van der Waals surface area (Å²) in [6, 6.07) is 21.5. The second-order valence-corrected chi connectivity index (χ2v) is 7.65. The van der Waals surface area contributed by atoms with Gasteiger partial charge < -0.3 is 9.73 Å². The van der Waals surface area contributed by atoms with Crippen LogP contribution in [0, 0.1) is 6.92 Å². The van der Waals surface area contributed by atoms with Crippen molar-refractivity contribution in [2.75, 3.05) is 20.6 Å². The molecule has 0 bridgehead atoms. The van der Waals surface area contributed by atoms with Crippen LogP contribution >= 0.6 is 0 Å². The summed E-state index contributed by atoms with van der Waals surface area (Å²) in [5.41, 5.74) is 4.29. The number of aryl methyl sites for hydroxylation is 1. The number of nitrogens with zero attached hydrogens (tertiary/aromatic N) is 2. The lowest BCUT2D eigenvalue weighted by molar-refractivity contribution is 0.0940. The van der Waals surface area contributed by atoms with E-state index in [9.17, 15) is 4.79 Å². The smallest absolute Gasteiger partial charge is 0.252 e. The van der Waals surface area contributed by atoms with Gasteiger partial charge in [-0.2, -0.15) is 0 Å². The van der Waals surface area contributed by atoms with Gasteiger partial charge in [-0.3, -0.25) is 9.69 Å². The van der Waals surface area contributed by atoms with Crippen LogP contribution in [0.1, 0.15) is 27.7 Å². The van der Waals surface area contributed by atoms with Crippen molar-refractivity contribution in [3.8, 4) is 11.3 Å². The standard InChI is InChI=1S/C25H25N3O2/c1-17-11-12-21-19(14-17)20(15-22(27-21)18-8-5-4-6-9-18)25(29)26-16-23(28(2)3)24-10-7-13-30-24/h4-15,23H,16H2,1-3H3,(H,26,29)/t23-/m1/s1. The van der Waals surface area contributed by atoms with Gasteiger partial charge >= 0.3 is 0 Å². The molecule has 30 heavy (non-hydrogen) atoms. The fourth-order valence-corrected chi connectivity index (χ4v) is 3.59. The summed E-state index contributed by atoms with van der Waals surface area (Å²) in [7, 11) is 3.94. The Balaban J connectivity index is 1.69. The monoisotopic (exact) mass is 399 g/mol. The molecule has 1 N–H and O–H groups in total. The van der Waals surface area contributed by atoms with Crippen molar-refractivity contribution >= 4 is 16.8 Å². The Hall–Kier alpha value is -3.44. The minimum atomic E-state index is -0.122. The number of amides is 1. The maximum absolute atomic E-state index is 13.3. The predicted molar refractivity (Wildman–Crippen MR) is 119 cm³/mol. The fraction of sp³-hybridized carbons (Fsp3) is 0.200. The molecule has 0 aliphatic rings. The molecule has 5 heteroatoms. The lowest BCUT2D eigenvalue weighted by atomic mass is 10.0. The van der Waals surface area contributed by atoms with Gasteiger partial charge in [-0.1, -0.05) is 42.0 Å². The Morgan fingerprint density at radius 3 is 2.57 bits per heavy atom.